The van der Waals surface area contributed by atoms with Crippen LogP contribution in [0.1, 0.15) is 18.2 Å². The van der Waals surface area contributed by atoms with Crippen molar-refractivity contribution in [3.63, 3.8) is 0 Å². The van der Waals surface area contributed by atoms with Crippen LogP contribution in [0.5, 0.6) is 0 Å². The van der Waals surface area contributed by atoms with Gasteiger partial charge in [-0.1, -0.05) is 64.1 Å². The minimum absolute atomic E-state index is 0.771. The summed E-state index contributed by atoms with van der Waals surface area (Å²) in [7, 11) is 12.1. The van der Waals surface area contributed by atoms with E-state index in [9.17, 15) is 0 Å². The van der Waals surface area contributed by atoms with Gasteiger partial charge in [-0.25, -0.2) is 0 Å². The molecule has 0 atom stereocenters. The fraction of sp³-hybridized carbons (Fsp3) is 0.244. The number of pyridine rings is 1. The van der Waals surface area contributed by atoms with Crippen molar-refractivity contribution in [3.8, 4) is 0 Å². The summed E-state index contributed by atoms with van der Waals surface area (Å²) >= 11 is 0. The molecule has 0 aliphatic rings. The van der Waals surface area contributed by atoms with Gasteiger partial charge in [-0.2, -0.15) is 14.8 Å². The number of anilines is 3. The van der Waals surface area contributed by atoms with Crippen molar-refractivity contribution in [1.29, 1.82) is 0 Å². The fourth-order valence-corrected chi connectivity index (χ4v) is 7.53. The topological polar surface area (TPSA) is 71.8 Å². The Morgan fingerprint density at radius 1 is 0.784 bits per heavy atom. The molecule has 1 aromatic heterocycles. The molecule has 8 nitrogen and oxygen atoms in total. The van der Waals surface area contributed by atoms with E-state index < -0.39 is 0 Å². The van der Waals surface area contributed by atoms with E-state index in [1.807, 2.05) is 96.2 Å². The first-order chi connectivity index (χ1) is 24.7. The van der Waals surface area contributed by atoms with Gasteiger partial charge in [-0.3, -0.25) is 0 Å². The van der Waals surface area contributed by atoms with Crippen LogP contribution >= 0.6 is 21.6 Å². The molecule has 0 fully saturated rings. The van der Waals surface area contributed by atoms with Gasteiger partial charge in [0, 0.05) is 87.4 Å². The van der Waals surface area contributed by atoms with Gasteiger partial charge < -0.3 is 15.1 Å². The molecule has 0 aliphatic carbocycles. The summed E-state index contributed by atoms with van der Waals surface area (Å²) < 4.78 is 2.18. The lowest BCUT2D eigenvalue weighted by molar-refractivity contribution is -0.651. The molecule has 0 saturated carbocycles. The zero-order valence-corrected chi connectivity index (χ0v) is 32.0. The fourth-order valence-electron chi connectivity index (χ4n) is 5.44. The third kappa shape index (κ3) is 10.3. The molecule has 0 saturated heterocycles. The van der Waals surface area contributed by atoms with Gasteiger partial charge in [0.15, 0.2) is 5.69 Å². The number of rotatable bonds is 16. The molecule has 5 rings (SSSR count). The SMILES string of the molecule is C=C(C)/C=C(/N=Nc1ccc(N(C)CCSSCCN(C)c2ccc(N=Nc3cc(C)[n+](C)c4ccccc34)cc2)cc1)c1ccccc1NC. The van der Waals surface area contributed by atoms with Crippen molar-refractivity contribution in [2.24, 2.45) is 27.5 Å². The molecule has 10 heteroatoms. The van der Waals surface area contributed by atoms with Gasteiger partial charge in [0.1, 0.15) is 12.7 Å². The van der Waals surface area contributed by atoms with Crippen LogP contribution in [0.2, 0.25) is 0 Å². The standard InChI is InChI=1S/C41H47N8S2/c1-30(2)28-39(36-12-8-10-14-38(36)42-4)45-43-32-16-20-34(21-17-32)47(5)24-26-50-51-27-25-48(6)35-22-18-33(19-23-35)44-46-40-29-31(3)49(7)41-15-11-9-13-37(40)41/h8-23,28-29,42H,1,24-27H2,2-7H3/q+1/b39-28+,45-43?. The molecule has 51 heavy (non-hydrogen) atoms. The average molecular weight is 716 g/mol. The summed E-state index contributed by atoms with van der Waals surface area (Å²) in [5.74, 6) is 2.06. The van der Waals surface area contributed by atoms with Gasteiger partial charge in [-0.15, -0.1) is 10.2 Å². The normalized spacial score (nSPS) is 11.8. The van der Waals surface area contributed by atoms with E-state index in [1.165, 1.54) is 5.69 Å². The quantitative estimate of drug-likeness (QED) is 0.0362. The second kappa shape index (κ2) is 18.3. The van der Waals surface area contributed by atoms with E-state index in [0.29, 0.717) is 0 Å². The van der Waals surface area contributed by atoms with E-state index in [2.05, 4.69) is 123 Å². The molecular weight excluding hydrogens is 669 g/mol. The molecule has 0 unspecified atom stereocenters. The van der Waals surface area contributed by atoms with Crippen molar-refractivity contribution in [2.45, 2.75) is 13.8 Å². The summed E-state index contributed by atoms with van der Waals surface area (Å²) in [6.07, 6.45) is 1.95. The first-order valence-electron chi connectivity index (χ1n) is 17.0. The average Bonchev–Trinajstić information content (AvgIpc) is 3.15. The Hall–Kier alpha value is -4.93. The molecule has 0 spiro atoms. The van der Waals surface area contributed by atoms with E-state index >= 15 is 0 Å². The monoisotopic (exact) mass is 715 g/mol. The summed E-state index contributed by atoms with van der Waals surface area (Å²) in [5.41, 5.74) is 10.8. The molecule has 0 amide bonds. The second-order valence-electron chi connectivity index (χ2n) is 12.3. The minimum Gasteiger partial charge on any atom is -0.388 e. The Labute approximate surface area is 310 Å². The van der Waals surface area contributed by atoms with Gasteiger partial charge >= 0.3 is 0 Å². The molecule has 0 bridgehead atoms. The Morgan fingerprint density at radius 3 is 1.96 bits per heavy atom. The van der Waals surface area contributed by atoms with Crippen LogP contribution in [0.3, 0.4) is 0 Å². The predicted molar refractivity (Wildman–Crippen MR) is 222 cm³/mol. The van der Waals surface area contributed by atoms with E-state index in [0.717, 1.165) is 86.5 Å². The largest absolute Gasteiger partial charge is 0.388 e. The van der Waals surface area contributed by atoms with Crippen molar-refractivity contribution in [3.05, 3.63) is 133 Å². The number of azo groups is 2. The molecular formula is C41H47N8S2+. The molecule has 262 valence electrons. The number of hydrogen-bond donors (Lipinski definition) is 1. The smallest absolute Gasteiger partial charge is 0.214 e. The van der Waals surface area contributed by atoms with Crippen molar-refractivity contribution >= 4 is 72.3 Å². The lowest BCUT2D eigenvalue weighted by Crippen LogP contribution is -2.32. The van der Waals surface area contributed by atoms with Crippen LogP contribution in [0.25, 0.3) is 16.6 Å². The second-order valence-corrected chi connectivity index (χ2v) is 15.0. The van der Waals surface area contributed by atoms with Crippen LogP contribution in [0.4, 0.5) is 34.1 Å². The number of aryl methyl sites for hydroxylation is 2. The Balaban J connectivity index is 1.04. The predicted octanol–water partition coefficient (Wildman–Crippen LogP) is 11.1. The number of aromatic nitrogens is 1. The maximum atomic E-state index is 4.60. The van der Waals surface area contributed by atoms with Gasteiger partial charge in [0.25, 0.3) is 0 Å². The van der Waals surface area contributed by atoms with Crippen LogP contribution in [-0.2, 0) is 7.05 Å². The number of hydrogen-bond acceptors (Lipinski definition) is 9. The Kier molecular flexibility index (Phi) is 13.4. The third-order valence-electron chi connectivity index (χ3n) is 8.50. The summed E-state index contributed by atoms with van der Waals surface area (Å²) in [6.45, 7) is 9.99. The molecule has 0 aliphatic heterocycles. The number of fused-ring (bicyclic) bond motifs is 1. The lowest BCUT2D eigenvalue weighted by atomic mass is 10.1. The van der Waals surface area contributed by atoms with Gasteiger partial charge in [0.05, 0.1) is 22.5 Å². The number of nitrogens with one attached hydrogen (secondary N) is 1. The molecule has 4 aromatic carbocycles. The molecule has 1 N–H and O–H groups in total. The number of allylic oxidation sites excluding steroid dienone is 2. The van der Waals surface area contributed by atoms with E-state index in [1.54, 1.807) is 0 Å². The van der Waals surface area contributed by atoms with Crippen LogP contribution in [-0.4, -0.2) is 45.7 Å². The first-order valence-corrected chi connectivity index (χ1v) is 19.5. The van der Waals surface area contributed by atoms with Crippen LogP contribution < -0.4 is 19.7 Å². The summed E-state index contributed by atoms with van der Waals surface area (Å²) in [5, 5.41) is 22.6. The van der Waals surface area contributed by atoms with Gasteiger partial charge in [0.2, 0.25) is 5.52 Å². The Bertz CT molecular complexity index is 2020. The molecule has 1 heterocycles. The van der Waals surface area contributed by atoms with Crippen LogP contribution in [0.15, 0.2) is 142 Å². The molecule has 0 radical (unpaired) electrons. The van der Waals surface area contributed by atoms with Crippen molar-refractivity contribution in [1.82, 2.24) is 0 Å². The first kappa shape index (κ1) is 37.3. The number of para-hydroxylation sites is 2. The van der Waals surface area contributed by atoms with E-state index in [4.69, 9.17) is 0 Å². The highest BCUT2D eigenvalue weighted by Gasteiger charge is 2.13. The van der Waals surface area contributed by atoms with Crippen molar-refractivity contribution < 1.29 is 4.57 Å². The number of benzene rings is 4. The maximum absolute atomic E-state index is 4.60. The number of nitrogens with zero attached hydrogens (tertiary/aromatic N) is 7. The van der Waals surface area contributed by atoms with Crippen molar-refractivity contribution in [2.75, 3.05) is 60.9 Å². The zero-order valence-electron chi connectivity index (χ0n) is 30.4. The van der Waals surface area contributed by atoms with E-state index in [-0.39, 0.29) is 0 Å². The maximum Gasteiger partial charge on any atom is 0.214 e. The highest BCUT2D eigenvalue weighted by Crippen LogP contribution is 2.30. The highest BCUT2D eigenvalue weighted by atomic mass is 33.1. The summed E-state index contributed by atoms with van der Waals surface area (Å²) in [6, 6.07) is 35.0. The third-order valence-corrected chi connectivity index (χ3v) is 10.9. The van der Waals surface area contributed by atoms with Gasteiger partial charge in [-0.05, 0) is 73.7 Å². The summed E-state index contributed by atoms with van der Waals surface area (Å²) in [4.78, 5) is 4.56. The minimum atomic E-state index is 0.771. The lowest BCUT2D eigenvalue weighted by Gasteiger charge is -2.20. The zero-order chi connectivity index (χ0) is 36.2. The highest BCUT2D eigenvalue weighted by molar-refractivity contribution is 8.76. The van der Waals surface area contributed by atoms with Crippen LogP contribution in [0, 0.1) is 6.92 Å². The molecule has 5 aromatic rings. The Morgan fingerprint density at radius 2 is 1.35 bits per heavy atom.